The van der Waals surface area contributed by atoms with Crippen molar-refractivity contribution in [1.82, 2.24) is 19.7 Å². The van der Waals surface area contributed by atoms with E-state index in [4.69, 9.17) is 0 Å². The first-order valence-electron chi connectivity index (χ1n) is 6.45. The van der Waals surface area contributed by atoms with E-state index in [9.17, 15) is 0 Å². The molecule has 18 heavy (non-hydrogen) atoms. The number of fused-ring (bicyclic) bond motifs is 1. The van der Waals surface area contributed by atoms with Crippen molar-refractivity contribution in [2.24, 2.45) is 5.92 Å². The summed E-state index contributed by atoms with van der Waals surface area (Å²) in [5.41, 5.74) is 2.08. The molecule has 0 amide bonds. The highest BCUT2D eigenvalue weighted by molar-refractivity contribution is 9.10. The van der Waals surface area contributed by atoms with Gasteiger partial charge in [-0.2, -0.15) is 0 Å². The fraction of sp³-hybridized carbons (Fsp3) is 0.538. The Labute approximate surface area is 115 Å². The predicted molar refractivity (Wildman–Crippen MR) is 74.3 cm³/mol. The van der Waals surface area contributed by atoms with Crippen LogP contribution < -0.4 is 5.32 Å². The summed E-state index contributed by atoms with van der Waals surface area (Å²) in [6.07, 6.45) is 9.67. The van der Waals surface area contributed by atoms with Gasteiger partial charge in [0.05, 0.1) is 18.1 Å². The standard InChI is InChI=1S/C13H17BrN4/c1-9-3-2-4-11(9)15-5-10-6-17-13-7-16-12(14)8-18(10)13/h6-9,11,15H,2-5H2,1H3. The van der Waals surface area contributed by atoms with Crippen LogP contribution in [0.3, 0.4) is 0 Å². The van der Waals surface area contributed by atoms with E-state index in [-0.39, 0.29) is 0 Å². The molecule has 2 aromatic heterocycles. The lowest BCUT2D eigenvalue weighted by Gasteiger charge is -2.16. The molecule has 1 fully saturated rings. The average molecular weight is 309 g/mol. The Morgan fingerprint density at radius 2 is 2.28 bits per heavy atom. The summed E-state index contributed by atoms with van der Waals surface area (Å²) in [6, 6.07) is 0.654. The van der Waals surface area contributed by atoms with E-state index in [1.807, 2.05) is 12.4 Å². The van der Waals surface area contributed by atoms with Gasteiger partial charge in [0.2, 0.25) is 0 Å². The molecule has 2 unspecified atom stereocenters. The highest BCUT2D eigenvalue weighted by Gasteiger charge is 2.22. The van der Waals surface area contributed by atoms with Crippen LogP contribution in [0.4, 0.5) is 0 Å². The molecule has 1 aliphatic carbocycles. The fourth-order valence-electron chi connectivity index (χ4n) is 2.73. The number of rotatable bonds is 3. The van der Waals surface area contributed by atoms with Gasteiger partial charge in [0.25, 0.3) is 0 Å². The average Bonchev–Trinajstić information content (AvgIpc) is 2.93. The predicted octanol–water partition coefficient (Wildman–Crippen LogP) is 2.77. The van der Waals surface area contributed by atoms with E-state index < -0.39 is 0 Å². The van der Waals surface area contributed by atoms with Gasteiger partial charge in [0, 0.05) is 18.8 Å². The first-order chi connectivity index (χ1) is 8.74. The highest BCUT2D eigenvalue weighted by Crippen LogP contribution is 2.25. The Hall–Kier alpha value is -0.940. The molecule has 1 N–H and O–H groups in total. The van der Waals surface area contributed by atoms with E-state index in [0.717, 1.165) is 22.7 Å². The van der Waals surface area contributed by atoms with Crippen LogP contribution >= 0.6 is 15.9 Å². The number of halogens is 1. The van der Waals surface area contributed by atoms with Crippen molar-refractivity contribution < 1.29 is 0 Å². The monoisotopic (exact) mass is 308 g/mol. The minimum Gasteiger partial charge on any atom is -0.308 e. The summed E-state index contributed by atoms with van der Waals surface area (Å²) >= 11 is 3.40. The first kappa shape index (κ1) is 12.1. The number of hydrogen-bond donors (Lipinski definition) is 1. The van der Waals surface area contributed by atoms with E-state index in [2.05, 4.69) is 42.5 Å². The maximum absolute atomic E-state index is 4.36. The molecule has 1 saturated carbocycles. The zero-order chi connectivity index (χ0) is 12.5. The zero-order valence-electron chi connectivity index (χ0n) is 10.4. The molecule has 3 rings (SSSR count). The second kappa shape index (κ2) is 4.97. The van der Waals surface area contributed by atoms with Crippen molar-refractivity contribution >= 4 is 21.6 Å². The SMILES string of the molecule is CC1CCCC1NCc1cnc2cnc(Br)cn12. The number of nitrogens with zero attached hydrogens (tertiary/aromatic N) is 3. The lowest BCUT2D eigenvalue weighted by atomic mass is 10.1. The normalized spacial score (nSPS) is 23.9. The molecular weight excluding hydrogens is 292 g/mol. The smallest absolute Gasteiger partial charge is 0.155 e. The molecule has 0 aromatic carbocycles. The van der Waals surface area contributed by atoms with Crippen molar-refractivity contribution in [1.29, 1.82) is 0 Å². The molecule has 0 radical (unpaired) electrons. The largest absolute Gasteiger partial charge is 0.308 e. The minimum atomic E-state index is 0.654. The molecule has 2 aromatic rings. The fourth-order valence-corrected chi connectivity index (χ4v) is 3.04. The van der Waals surface area contributed by atoms with Crippen LogP contribution in [-0.2, 0) is 6.54 Å². The van der Waals surface area contributed by atoms with Gasteiger partial charge in [-0.05, 0) is 34.7 Å². The molecule has 4 nitrogen and oxygen atoms in total. The molecule has 5 heteroatoms. The lowest BCUT2D eigenvalue weighted by Crippen LogP contribution is -2.30. The van der Waals surface area contributed by atoms with Crippen molar-refractivity contribution in [3.05, 3.63) is 28.9 Å². The molecular formula is C13H17BrN4. The Morgan fingerprint density at radius 1 is 1.39 bits per heavy atom. The summed E-state index contributed by atoms with van der Waals surface area (Å²) in [6.45, 7) is 3.20. The molecule has 96 valence electrons. The van der Waals surface area contributed by atoms with Gasteiger partial charge >= 0.3 is 0 Å². The summed E-state index contributed by atoms with van der Waals surface area (Å²) < 4.78 is 2.92. The Morgan fingerprint density at radius 3 is 3.06 bits per heavy atom. The Bertz CT molecular complexity index is 551. The number of aromatic nitrogens is 3. The van der Waals surface area contributed by atoms with Crippen LogP contribution in [-0.4, -0.2) is 20.4 Å². The van der Waals surface area contributed by atoms with Crippen molar-refractivity contribution in [2.45, 2.75) is 38.8 Å². The summed E-state index contributed by atoms with van der Waals surface area (Å²) in [5, 5.41) is 3.65. The molecule has 0 saturated heterocycles. The first-order valence-corrected chi connectivity index (χ1v) is 7.24. The molecule has 2 heterocycles. The maximum Gasteiger partial charge on any atom is 0.155 e. The third-order valence-corrected chi connectivity index (χ3v) is 4.26. The molecule has 1 aliphatic rings. The number of nitrogens with one attached hydrogen (secondary N) is 1. The van der Waals surface area contributed by atoms with Gasteiger partial charge in [-0.3, -0.25) is 4.40 Å². The zero-order valence-corrected chi connectivity index (χ0v) is 12.0. The van der Waals surface area contributed by atoms with Crippen LogP contribution in [0.25, 0.3) is 5.65 Å². The van der Waals surface area contributed by atoms with E-state index in [0.29, 0.717) is 6.04 Å². The third-order valence-electron chi connectivity index (χ3n) is 3.85. The lowest BCUT2D eigenvalue weighted by molar-refractivity contribution is 0.423. The third kappa shape index (κ3) is 2.29. The molecule has 0 aliphatic heterocycles. The van der Waals surface area contributed by atoms with Crippen LogP contribution in [0.5, 0.6) is 0 Å². The van der Waals surface area contributed by atoms with E-state index >= 15 is 0 Å². The molecule has 0 bridgehead atoms. The molecule has 0 spiro atoms. The highest BCUT2D eigenvalue weighted by atomic mass is 79.9. The quantitative estimate of drug-likeness (QED) is 0.948. The number of hydrogen-bond acceptors (Lipinski definition) is 3. The minimum absolute atomic E-state index is 0.654. The number of imidazole rings is 1. The Balaban J connectivity index is 1.76. The topological polar surface area (TPSA) is 42.2 Å². The van der Waals surface area contributed by atoms with Crippen molar-refractivity contribution in [3.8, 4) is 0 Å². The van der Waals surface area contributed by atoms with E-state index in [1.54, 1.807) is 6.20 Å². The Kier molecular flexibility index (Phi) is 3.35. The van der Waals surface area contributed by atoms with Gasteiger partial charge in [-0.15, -0.1) is 0 Å². The van der Waals surface area contributed by atoms with Crippen LogP contribution in [0.15, 0.2) is 23.2 Å². The van der Waals surface area contributed by atoms with Gasteiger partial charge < -0.3 is 5.32 Å². The second-order valence-electron chi connectivity index (χ2n) is 5.08. The van der Waals surface area contributed by atoms with Crippen molar-refractivity contribution in [2.75, 3.05) is 0 Å². The van der Waals surface area contributed by atoms with E-state index in [1.165, 1.54) is 25.0 Å². The van der Waals surface area contributed by atoms with Crippen LogP contribution in [0.2, 0.25) is 0 Å². The second-order valence-corrected chi connectivity index (χ2v) is 5.90. The summed E-state index contributed by atoms with van der Waals surface area (Å²) in [5.74, 6) is 0.789. The van der Waals surface area contributed by atoms with Crippen molar-refractivity contribution in [3.63, 3.8) is 0 Å². The summed E-state index contributed by atoms with van der Waals surface area (Å²) in [7, 11) is 0. The van der Waals surface area contributed by atoms with Crippen LogP contribution in [0, 0.1) is 5.92 Å². The van der Waals surface area contributed by atoms with Gasteiger partial charge in [0.15, 0.2) is 5.65 Å². The van der Waals surface area contributed by atoms with Gasteiger partial charge in [-0.25, -0.2) is 9.97 Å². The van der Waals surface area contributed by atoms with Gasteiger partial charge in [-0.1, -0.05) is 13.3 Å². The maximum atomic E-state index is 4.36. The van der Waals surface area contributed by atoms with Gasteiger partial charge in [0.1, 0.15) is 4.60 Å². The molecule has 2 atom stereocenters. The summed E-state index contributed by atoms with van der Waals surface area (Å²) in [4.78, 5) is 8.55. The van der Waals surface area contributed by atoms with Crippen LogP contribution in [0.1, 0.15) is 31.9 Å².